The molecule has 4 nitrogen and oxygen atoms in total. The van der Waals surface area contributed by atoms with Gasteiger partial charge in [-0.1, -0.05) is 58.2 Å². The van der Waals surface area contributed by atoms with Crippen molar-refractivity contribution in [3.8, 4) is 5.75 Å². The average Bonchev–Trinajstić information content (AvgIpc) is 3.15. The van der Waals surface area contributed by atoms with Gasteiger partial charge in [0, 0.05) is 6.04 Å². The van der Waals surface area contributed by atoms with E-state index in [-0.39, 0.29) is 11.9 Å². The van der Waals surface area contributed by atoms with Gasteiger partial charge in [0.15, 0.2) is 5.17 Å². The van der Waals surface area contributed by atoms with Gasteiger partial charge in [0.25, 0.3) is 5.91 Å². The second-order valence-electron chi connectivity index (χ2n) is 9.56. The summed E-state index contributed by atoms with van der Waals surface area (Å²) in [5, 5.41) is 0.819. The molecule has 0 N–H and O–H groups in total. The highest BCUT2D eigenvalue weighted by atomic mass is 32.2. The molecule has 2 fully saturated rings. The van der Waals surface area contributed by atoms with Gasteiger partial charge in [-0.3, -0.25) is 9.69 Å². The third-order valence-corrected chi connectivity index (χ3v) is 7.88. The minimum atomic E-state index is 0.0888. The fourth-order valence-corrected chi connectivity index (χ4v) is 5.93. The van der Waals surface area contributed by atoms with Crippen molar-refractivity contribution >= 4 is 34.6 Å². The van der Waals surface area contributed by atoms with Gasteiger partial charge < -0.3 is 4.74 Å². The van der Waals surface area contributed by atoms with Crippen LogP contribution in [0.4, 0.5) is 5.69 Å². The molecule has 34 heavy (non-hydrogen) atoms. The molecule has 180 valence electrons. The van der Waals surface area contributed by atoms with E-state index in [0.29, 0.717) is 5.92 Å². The first-order valence-electron chi connectivity index (χ1n) is 12.5. The molecule has 1 heterocycles. The van der Waals surface area contributed by atoms with Crippen LogP contribution in [0.15, 0.2) is 46.3 Å². The highest BCUT2D eigenvalue weighted by Crippen LogP contribution is 2.40. The Morgan fingerprint density at radius 2 is 1.91 bits per heavy atom. The maximum Gasteiger partial charge on any atom is 0.267 e. The first-order chi connectivity index (χ1) is 16.4. The Balaban J connectivity index is 1.76. The maximum absolute atomic E-state index is 13.7. The van der Waals surface area contributed by atoms with Crippen LogP contribution in [0.25, 0.3) is 6.08 Å². The Morgan fingerprint density at radius 1 is 1.18 bits per heavy atom. The lowest BCUT2D eigenvalue weighted by molar-refractivity contribution is -0.124. The fourth-order valence-electron chi connectivity index (χ4n) is 4.89. The van der Waals surface area contributed by atoms with Crippen LogP contribution < -0.4 is 4.74 Å². The molecule has 1 aliphatic carbocycles. The number of aliphatic imine (C=N–C) groups is 1. The molecule has 1 saturated heterocycles. The first kappa shape index (κ1) is 24.6. The molecular formula is C29H36N2O2S. The minimum Gasteiger partial charge on any atom is -0.496 e. The molecule has 0 spiro atoms. The standard InChI is InChI=1S/C29H36N2O2S/c1-6-21-12-10-11-15-25(21)30-29-31(23-13-8-7-9-14-23)28(32)27(34-29)18-22-17-24(19(2)3)26(33-5)16-20(22)4/h10-12,15-19,23H,6-9,13-14H2,1-5H3/b27-18+,30-29?. The molecule has 0 unspecified atom stereocenters. The summed E-state index contributed by atoms with van der Waals surface area (Å²) in [6.45, 7) is 8.56. The van der Waals surface area contributed by atoms with Crippen LogP contribution >= 0.6 is 11.8 Å². The number of thioether (sulfide) groups is 1. The molecule has 5 heteroatoms. The van der Waals surface area contributed by atoms with E-state index in [9.17, 15) is 4.79 Å². The Labute approximate surface area is 208 Å². The van der Waals surface area contributed by atoms with Crippen molar-refractivity contribution in [2.75, 3.05) is 7.11 Å². The number of hydrogen-bond donors (Lipinski definition) is 0. The van der Waals surface area contributed by atoms with Gasteiger partial charge in [0.2, 0.25) is 0 Å². The summed E-state index contributed by atoms with van der Waals surface area (Å²) in [5.74, 6) is 1.33. The van der Waals surface area contributed by atoms with Crippen molar-refractivity contribution < 1.29 is 9.53 Å². The normalized spacial score (nSPS) is 19.6. The number of rotatable bonds is 6. The molecule has 4 rings (SSSR count). The van der Waals surface area contributed by atoms with Gasteiger partial charge in [-0.2, -0.15) is 0 Å². The summed E-state index contributed by atoms with van der Waals surface area (Å²) < 4.78 is 5.62. The summed E-state index contributed by atoms with van der Waals surface area (Å²) >= 11 is 1.52. The van der Waals surface area contributed by atoms with E-state index >= 15 is 0 Å². The number of amidine groups is 1. The minimum absolute atomic E-state index is 0.0888. The van der Waals surface area contributed by atoms with Gasteiger partial charge in [0.1, 0.15) is 5.75 Å². The molecule has 2 aliphatic rings. The van der Waals surface area contributed by atoms with E-state index in [1.165, 1.54) is 36.6 Å². The van der Waals surface area contributed by atoms with Crippen LogP contribution in [0.3, 0.4) is 0 Å². The number of carbonyl (C=O) groups is 1. The first-order valence-corrected chi connectivity index (χ1v) is 13.3. The molecular weight excluding hydrogens is 440 g/mol. The van der Waals surface area contributed by atoms with E-state index in [1.54, 1.807) is 7.11 Å². The van der Waals surface area contributed by atoms with Crippen LogP contribution in [0.5, 0.6) is 5.75 Å². The molecule has 0 radical (unpaired) electrons. The number of para-hydroxylation sites is 1. The largest absolute Gasteiger partial charge is 0.496 e. The lowest BCUT2D eigenvalue weighted by Crippen LogP contribution is -2.40. The monoisotopic (exact) mass is 476 g/mol. The number of amides is 1. The molecule has 2 aromatic carbocycles. The number of ether oxygens (including phenoxy) is 1. The molecule has 1 aliphatic heterocycles. The number of hydrogen-bond acceptors (Lipinski definition) is 4. The highest BCUT2D eigenvalue weighted by molar-refractivity contribution is 8.18. The van der Waals surface area contributed by atoms with Crippen LogP contribution in [0.1, 0.15) is 81.0 Å². The number of benzene rings is 2. The van der Waals surface area contributed by atoms with Crippen molar-refractivity contribution in [1.82, 2.24) is 4.90 Å². The zero-order valence-electron chi connectivity index (χ0n) is 21.1. The third-order valence-electron chi connectivity index (χ3n) is 6.89. The Morgan fingerprint density at radius 3 is 2.59 bits per heavy atom. The maximum atomic E-state index is 13.7. The van der Waals surface area contributed by atoms with Gasteiger partial charge in [-0.15, -0.1) is 0 Å². The SMILES string of the molecule is CCc1ccccc1N=C1S/C(=C/c2cc(C(C)C)c(OC)cc2C)C(=O)N1C1CCCCC1. The Bertz CT molecular complexity index is 1110. The third kappa shape index (κ3) is 5.10. The van der Waals surface area contributed by atoms with Crippen molar-refractivity contribution in [3.63, 3.8) is 0 Å². The predicted molar refractivity (Wildman–Crippen MR) is 144 cm³/mol. The summed E-state index contributed by atoms with van der Waals surface area (Å²) in [4.78, 5) is 21.5. The van der Waals surface area contributed by atoms with E-state index in [4.69, 9.17) is 9.73 Å². The lowest BCUT2D eigenvalue weighted by Gasteiger charge is -2.30. The van der Waals surface area contributed by atoms with E-state index in [0.717, 1.165) is 57.5 Å². The lowest BCUT2D eigenvalue weighted by atomic mass is 9.94. The van der Waals surface area contributed by atoms with Gasteiger partial charge in [0.05, 0.1) is 17.7 Å². The topological polar surface area (TPSA) is 41.9 Å². The van der Waals surface area contributed by atoms with Gasteiger partial charge in [-0.25, -0.2) is 4.99 Å². The van der Waals surface area contributed by atoms with Crippen LogP contribution in [-0.4, -0.2) is 29.1 Å². The fraction of sp³-hybridized carbons (Fsp3) is 0.448. The van der Waals surface area contributed by atoms with Crippen molar-refractivity contribution in [1.29, 1.82) is 0 Å². The van der Waals surface area contributed by atoms with Crippen LogP contribution in [0, 0.1) is 6.92 Å². The second-order valence-corrected chi connectivity index (χ2v) is 10.6. The molecule has 2 aromatic rings. The summed E-state index contributed by atoms with van der Waals surface area (Å²) in [5.41, 5.74) is 5.50. The summed E-state index contributed by atoms with van der Waals surface area (Å²) in [6.07, 6.45) is 8.67. The van der Waals surface area contributed by atoms with Crippen LogP contribution in [0.2, 0.25) is 0 Å². The second kappa shape index (κ2) is 10.8. The predicted octanol–water partition coefficient (Wildman–Crippen LogP) is 7.63. The summed E-state index contributed by atoms with van der Waals surface area (Å²) in [7, 11) is 1.72. The number of methoxy groups -OCH3 is 1. The molecule has 0 bridgehead atoms. The van der Waals surface area contributed by atoms with E-state index in [2.05, 4.69) is 64.1 Å². The molecule has 1 saturated carbocycles. The molecule has 0 atom stereocenters. The van der Waals surface area contributed by atoms with E-state index in [1.807, 2.05) is 11.0 Å². The zero-order chi connectivity index (χ0) is 24.2. The average molecular weight is 477 g/mol. The van der Waals surface area contributed by atoms with Crippen molar-refractivity contribution in [3.05, 3.63) is 63.6 Å². The van der Waals surface area contributed by atoms with Crippen LogP contribution in [-0.2, 0) is 11.2 Å². The van der Waals surface area contributed by atoms with E-state index < -0.39 is 0 Å². The van der Waals surface area contributed by atoms with Gasteiger partial charge in [-0.05, 0) is 90.4 Å². The number of nitrogens with zero attached hydrogens (tertiary/aromatic N) is 2. The summed E-state index contributed by atoms with van der Waals surface area (Å²) in [6, 6.07) is 12.7. The number of aryl methyl sites for hydroxylation is 2. The zero-order valence-corrected chi connectivity index (χ0v) is 21.9. The highest BCUT2D eigenvalue weighted by Gasteiger charge is 2.38. The Hall–Kier alpha value is -2.53. The molecule has 1 amide bonds. The van der Waals surface area contributed by atoms with Crippen molar-refractivity contribution in [2.45, 2.75) is 78.2 Å². The quantitative estimate of drug-likeness (QED) is 0.403. The van der Waals surface area contributed by atoms with Gasteiger partial charge >= 0.3 is 0 Å². The number of carbonyl (C=O) groups excluding carboxylic acids is 1. The molecule has 0 aromatic heterocycles. The Kier molecular flexibility index (Phi) is 7.82. The smallest absolute Gasteiger partial charge is 0.267 e. The van der Waals surface area contributed by atoms with Crippen molar-refractivity contribution in [2.24, 2.45) is 4.99 Å².